The van der Waals surface area contributed by atoms with Crippen molar-refractivity contribution in [1.29, 1.82) is 0 Å². The number of carbonyl (C=O) groups is 3. The van der Waals surface area contributed by atoms with Crippen molar-refractivity contribution in [1.82, 2.24) is 4.98 Å². The Kier molecular flexibility index (Phi) is 3.86. The molecule has 0 spiro atoms. The topological polar surface area (TPSA) is 121 Å². The van der Waals surface area contributed by atoms with Crippen LogP contribution >= 0.6 is 11.6 Å². The van der Waals surface area contributed by atoms with E-state index >= 15 is 0 Å². The smallest absolute Gasteiger partial charge is 0.322 e. The molecule has 0 saturated carbocycles. The Morgan fingerprint density at radius 2 is 1.83 bits per heavy atom. The van der Waals surface area contributed by atoms with Gasteiger partial charge in [0.1, 0.15) is 0 Å². The molecule has 3 N–H and O–H groups in total. The zero-order chi connectivity index (χ0) is 17.4. The second kappa shape index (κ2) is 5.86. The van der Waals surface area contributed by atoms with Crippen LogP contribution in [0.15, 0.2) is 41.0 Å². The Labute approximate surface area is 139 Å². The molecular weight excluding hydrogens is 338 g/mol. The summed E-state index contributed by atoms with van der Waals surface area (Å²) < 4.78 is 5.03. The van der Waals surface area contributed by atoms with E-state index in [1.54, 1.807) is 0 Å². The number of carboxylic acid groups (broad SMARTS) is 2. The molecule has 3 aromatic rings. The zero-order valence-corrected chi connectivity index (χ0v) is 12.7. The first-order valence-corrected chi connectivity index (χ1v) is 7.13. The van der Waals surface area contributed by atoms with E-state index in [-0.39, 0.29) is 17.0 Å². The van der Waals surface area contributed by atoms with Crippen LogP contribution in [-0.2, 0) is 9.59 Å². The predicted molar refractivity (Wildman–Crippen MR) is 83.5 cm³/mol. The van der Waals surface area contributed by atoms with Crippen molar-refractivity contribution in [3.63, 3.8) is 0 Å². The second-order valence-electron chi connectivity index (χ2n) is 5.02. The monoisotopic (exact) mass is 347 g/mol. The molecule has 0 atom stereocenters. The van der Waals surface area contributed by atoms with E-state index in [0.717, 1.165) is 0 Å². The molecule has 0 unspecified atom stereocenters. The Balaban J connectivity index is 2.31. The zero-order valence-electron chi connectivity index (χ0n) is 11.9. The summed E-state index contributed by atoms with van der Waals surface area (Å²) >= 11 is 5.91. The molecule has 0 amide bonds. The maximum atomic E-state index is 12.6. The number of aromatic amines is 1. The summed E-state index contributed by atoms with van der Waals surface area (Å²) in [5, 5.41) is 19.3. The van der Waals surface area contributed by atoms with Crippen LogP contribution < -0.4 is 0 Å². The molecule has 0 aliphatic rings. The van der Waals surface area contributed by atoms with Gasteiger partial charge < -0.3 is 19.6 Å². The maximum Gasteiger partial charge on any atom is 0.322 e. The van der Waals surface area contributed by atoms with E-state index in [2.05, 4.69) is 4.98 Å². The summed E-state index contributed by atoms with van der Waals surface area (Å²) in [6.07, 6.45) is 1.29. The Morgan fingerprint density at radius 1 is 1.12 bits per heavy atom. The second-order valence-corrected chi connectivity index (χ2v) is 5.46. The van der Waals surface area contributed by atoms with Crippen molar-refractivity contribution in [3.05, 3.63) is 58.6 Å². The maximum absolute atomic E-state index is 12.6. The number of nitrogens with one attached hydrogen (secondary N) is 1. The lowest BCUT2D eigenvalue weighted by Crippen LogP contribution is -2.23. The van der Waals surface area contributed by atoms with Gasteiger partial charge in [-0.05, 0) is 24.3 Å². The first-order chi connectivity index (χ1) is 11.4. The van der Waals surface area contributed by atoms with Gasteiger partial charge in [0.05, 0.1) is 12.0 Å². The van der Waals surface area contributed by atoms with Crippen molar-refractivity contribution in [2.24, 2.45) is 0 Å². The average molecular weight is 348 g/mol. The molecule has 0 aliphatic carbocycles. The number of benzene rings is 1. The van der Waals surface area contributed by atoms with Gasteiger partial charge in [0.15, 0.2) is 11.7 Å². The summed E-state index contributed by atoms with van der Waals surface area (Å²) in [6.45, 7) is 0. The lowest BCUT2D eigenvalue weighted by atomic mass is 9.94. The van der Waals surface area contributed by atoms with Crippen molar-refractivity contribution in [2.75, 3.05) is 0 Å². The van der Waals surface area contributed by atoms with Gasteiger partial charge in [0, 0.05) is 21.5 Å². The molecule has 3 rings (SSSR count). The molecule has 0 aliphatic heterocycles. The van der Waals surface area contributed by atoms with Crippen LogP contribution in [0.4, 0.5) is 0 Å². The van der Waals surface area contributed by atoms with Gasteiger partial charge in [-0.15, -0.1) is 0 Å². The third-order valence-corrected chi connectivity index (χ3v) is 3.79. The molecule has 2 aromatic heterocycles. The van der Waals surface area contributed by atoms with Gasteiger partial charge in [-0.25, -0.2) is 0 Å². The minimum Gasteiger partial charge on any atom is -0.480 e. The first kappa shape index (κ1) is 15.8. The Bertz CT molecular complexity index is 943. The van der Waals surface area contributed by atoms with Gasteiger partial charge in [-0.2, -0.15) is 0 Å². The largest absolute Gasteiger partial charge is 0.480 e. The highest BCUT2D eigenvalue weighted by atomic mass is 35.5. The molecular formula is C16H10ClNO6. The lowest BCUT2D eigenvalue weighted by molar-refractivity contribution is -0.149. The SMILES string of the molecule is O=C(c1ccco1)c1[nH]c2cc(Cl)ccc2c1C(C(=O)O)C(=O)O. The highest BCUT2D eigenvalue weighted by Crippen LogP contribution is 2.33. The number of carboxylic acids is 2. The highest BCUT2D eigenvalue weighted by molar-refractivity contribution is 6.31. The van der Waals surface area contributed by atoms with Crippen LogP contribution in [0.2, 0.25) is 5.02 Å². The van der Waals surface area contributed by atoms with Crippen LogP contribution in [0.1, 0.15) is 27.7 Å². The first-order valence-electron chi connectivity index (χ1n) is 6.75. The van der Waals surface area contributed by atoms with Crippen LogP contribution in [0.25, 0.3) is 10.9 Å². The summed E-state index contributed by atoms with van der Waals surface area (Å²) in [6, 6.07) is 7.35. The number of fused-ring (bicyclic) bond motifs is 1. The van der Waals surface area contributed by atoms with Crippen molar-refractivity contribution >= 4 is 40.2 Å². The van der Waals surface area contributed by atoms with Gasteiger partial charge in [-0.3, -0.25) is 14.4 Å². The number of hydrogen-bond donors (Lipinski definition) is 3. The molecule has 122 valence electrons. The standard InChI is InChI=1S/C16H10ClNO6/c17-7-3-4-8-9(6-7)18-13(14(19)10-2-1-5-24-10)11(8)12(15(20)21)16(22)23/h1-6,12,18H,(H,20,21)(H,22,23). The number of aliphatic carboxylic acids is 2. The molecule has 2 heterocycles. The van der Waals surface area contributed by atoms with Crippen LogP contribution in [0, 0.1) is 0 Å². The van der Waals surface area contributed by atoms with Crippen LogP contribution in [-0.4, -0.2) is 32.9 Å². The number of furan rings is 1. The van der Waals surface area contributed by atoms with Crippen LogP contribution in [0.5, 0.6) is 0 Å². The van der Waals surface area contributed by atoms with Crippen molar-refractivity contribution < 1.29 is 29.0 Å². The van der Waals surface area contributed by atoms with E-state index in [0.29, 0.717) is 15.9 Å². The minimum atomic E-state index is -1.91. The Morgan fingerprint density at radius 3 is 2.42 bits per heavy atom. The third-order valence-electron chi connectivity index (χ3n) is 3.56. The number of rotatable bonds is 5. The van der Waals surface area contributed by atoms with Crippen LogP contribution in [0.3, 0.4) is 0 Å². The molecule has 24 heavy (non-hydrogen) atoms. The average Bonchev–Trinajstić information content (AvgIpc) is 3.14. The fourth-order valence-electron chi connectivity index (χ4n) is 2.55. The van der Waals surface area contributed by atoms with E-state index in [1.165, 1.54) is 36.6 Å². The number of ketones is 1. The van der Waals surface area contributed by atoms with E-state index in [1.807, 2.05) is 0 Å². The fraction of sp³-hybridized carbons (Fsp3) is 0.0625. The number of halogens is 1. The van der Waals surface area contributed by atoms with Gasteiger partial charge >= 0.3 is 11.9 Å². The molecule has 7 nitrogen and oxygen atoms in total. The molecule has 0 fully saturated rings. The van der Waals surface area contributed by atoms with Gasteiger partial charge in [-0.1, -0.05) is 17.7 Å². The summed E-state index contributed by atoms with van der Waals surface area (Å²) in [5.74, 6) is -5.74. The summed E-state index contributed by atoms with van der Waals surface area (Å²) in [5.41, 5.74) is 0.0694. The van der Waals surface area contributed by atoms with Crippen molar-refractivity contribution in [3.8, 4) is 0 Å². The summed E-state index contributed by atoms with van der Waals surface area (Å²) in [4.78, 5) is 38.3. The predicted octanol–water partition coefficient (Wildman–Crippen LogP) is 2.90. The third kappa shape index (κ3) is 2.55. The molecule has 0 radical (unpaired) electrons. The van der Waals surface area contributed by atoms with Gasteiger partial charge in [0.2, 0.25) is 5.78 Å². The molecule has 0 saturated heterocycles. The normalized spacial score (nSPS) is 11.1. The fourth-order valence-corrected chi connectivity index (χ4v) is 2.73. The van der Waals surface area contributed by atoms with Crippen molar-refractivity contribution in [2.45, 2.75) is 5.92 Å². The number of carbonyl (C=O) groups excluding carboxylic acids is 1. The highest BCUT2D eigenvalue weighted by Gasteiger charge is 2.35. The number of H-pyrrole nitrogens is 1. The minimum absolute atomic E-state index is 0.0385. The molecule has 1 aromatic carbocycles. The van der Waals surface area contributed by atoms with E-state index in [9.17, 15) is 24.6 Å². The molecule has 0 bridgehead atoms. The Hall–Kier alpha value is -3.06. The van der Waals surface area contributed by atoms with E-state index < -0.39 is 23.6 Å². The molecule has 8 heteroatoms. The van der Waals surface area contributed by atoms with E-state index in [4.69, 9.17) is 16.0 Å². The number of aromatic nitrogens is 1. The summed E-state index contributed by atoms with van der Waals surface area (Å²) in [7, 11) is 0. The lowest BCUT2D eigenvalue weighted by Gasteiger charge is -2.09. The quantitative estimate of drug-likeness (QED) is 0.482. The van der Waals surface area contributed by atoms with Gasteiger partial charge in [0.25, 0.3) is 0 Å². The number of hydrogen-bond acceptors (Lipinski definition) is 4.